The number of carboxylic acid groups (broad SMARTS) is 1. The van der Waals surface area contributed by atoms with E-state index in [0.717, 1.165) is 5.69 Å². The van der Waals surface area contributed by atoms with E-state index in [1.165, 1.54) is 0 Å². The summed E-state index contributed by atoms with van der Waals surface area (Å²) in [6, 6.07) is 5.12. The first-order valence-electron chi connectivity index (χ1n) is 4.19. The third-order valence-electron chi connectivity index (χ3n) is 1.98. The first-order chi connectivity index (χ1) is 7.18. The molecule has 0 fully saturated rings. The van der Waals surface area contributed by atoms with Gasteiger partial charge in [0.05, 0.1) is 11.9 Å². The van der Waals surface area contributed by atoms with Gasteiger partial charge < -0.3 is 9.67 Å². The predicted octanol–water partition coefficient (Wildman–Crippen LogP) is 2.33. The van der Waals surface area contributed by atoms with Crippen LogP contribution in [0.5, 0.6) is 0 Å². The number of hydrogen-bond acceptors (Lipinski definition) is 2. The quantitative estimate of drug-likeness (QED) is 0.908. The van der Waals surface area contributed by atoms with Gasteiger partial charge in [-0.2, -0.15) is 0 Å². The summed E-state index contributed by atoms with van der Waals surface area (Å²) in [5, 5.41) is 8.93. The van der Waals surface area contributed by atoms with E-state index in [1.54, 1.807) is 35.4 Å². The molecular weight excluding hydrogens is 260 g/mol. The summed E-state index contributed by atoms with van der Waals surface area (Å²) < 4.78 is 2.32. The lowest BCUT2D eigenvalue weighted by Crippen LogP contribution is -2.00. The van der Waals surface area contributed by atoms with E-state index in [0.29, 0.717) is 4.47 Å². The zero-order valence-electron chi connectivity index (χ0n) is 7.59. The Balaban J connectivity index is 2.52. The third-order valence-corrected chi connectivity index (χ3v) is 2.67. The third kappa shape index (κ3) is 1.92. The molecule has 0 aliphatic carbocycles. The van der Waals surface area contributed by atoms with Crippen LogP contribution < -0.4 is 0 Å². The van der Waals surface area contributed by atoms with Gasteiger partial charge in [0.1, 0.15) is 0 Å². The van der Waals surface area contributed by atoms with Crippen molar-refractivity contribution in [3.63, 3.8) is 0 Å². The van der Waals surface area contributed by atoms with E-state index in [1.807, 2.05) is 6.07 Å². The van der Waals surface area contributed by atoms with Gasteiger partial charge in [-0.25, -0.2) is 9.78 Å². The maximum atomic E-state index is 10.9. The van der Waals surface area contributed by atoms with Crippen LogP contribution in [-0.2, 0) is 0 Å². The normalized spacial score (nSPS) is 10.2. The molecule has 0 aliphatic rings. The molecule has 0 unspecified atom stereocenters. The summed E-state index contributed by atoms with van der Waals surface area (Å²) >= 11 is 3.19. The Kier molecular flexibility index (Phi) is 2.55. The highest BCUT2D eigenvalue weighted by Crippen LogP contribution is 2.20. The molecule has 0 atom stereocenters. The van der Waals surface area contributed by atoms with E-state index < -0.39 is 5.97 Å². The van der Waals surface area contributed by atoms with Crippen LogP contribution in [0.4, 0.5) is 0 Å². The monoisotopic (exact) mass is 266 g/mol. The largest absolute Gasteiger partial charge is 0.478 e. The topological polar surface area (TPSA) is 55.1 Å². The molecular formula is C10H7BrN2O2. The summed E-state index contributed by atoms with van der Waals surface area (Å²) in [6.07, 6.45) is 5.02. The van der Waals surface area contributed by atoms with Crippen LogP contribution in [0.2, 0.25) is 0 Å². The highest BCUT2D eigenvalue weighted by molar-refractivity contribution is 9.10. The highest BCUT2D eigenvalue weighted by atomic mass is 79.9. The number of benzene rings is 1. The van der Waals surface area contributed by atoms with Crippen molar-refractivity contribution in [2.45, 2.75) is 0 Å². The SMILES string of the molecule is O=C(O)c1cc(-n2ccnc2)ccc1Br. The number of nitrogens with zero attached hydrogens (tertiary/aromatic N) is 2. The van der Waals surface area contributed by atoms with E-state index in [-0.39, 0.29) is 5.56 Å². The van der Waals surface area contributed by atoms with Crippen LogP contribution in [-0.4, -0.2) is 20.6 Å². The summed E-state index contributed by atoms with van der Waals surface area (Å²) in [7, 11) is 0. The zero-order chi connectivity index (χ0) is 10.8. The van der Waals surface area contributed by atoms with E-state index >= 15 is 0 Å². The van der Waals surface area contributed by atoms with Crippen molar-refractivity contribution in [2.24, 2.45) is 0 Å². The summed E-state index contributed by atoms with van der Waals surface area (Å²) in [5.74, 6) is -0.955. The standard InChI is InChI=1S/C10H7BrN2O2/c11-9-2-1-7(5-8(9)10(14)15)13-4-3-12-6-13/h1-6H,(H,14,15). The Morgan fingerprint density at radius 1 is 1.47 bits per heavy atom. The molecule has 76 valence electrons. The van der Waals surface area contributed by atoms with Crippen LogP contribution in [0.15, 0.2) is 41.4 Å². The molecule has 0 saturated heterocycles. The van der Waals surface area contributed by atoms with Gasteiger partial charge in [0, 0.05) is 22.6 Å². The van der Waals surface area contributed by atoms with E-state index in [9.17, 15) is 4.79 Å². The molecule has 4 nitrogen and oxygen atoms in total. The molecule has 0 radical (unpaired) electrons. The fourth-order valence-corrected chi connectivity index (χ4v) is 1.67. The van der Waals surface area contributed by atoms with Crippen molar-refractivity contribution in [1.29, 1.82) is 0 Å². The first-order valence-corrected chi connectivity index (χ1v) is 4.99. The molecule has 1 aromatic heterocycles. The number of aromatic nitrogens is 2. The molecule has 0 saturated carbocycles. The van der Waals surface area contributed by atoms with Crippen LogP contribution in [0.3, 0.4) is 0 Å². The predicted molar refractivity (Wildman–Crippen MR) is 58.2 cm³/mol. The van der Waals surface area contributed by atoms with Crippen molar-refractivity contribution >= 4 is 21.9 Å². The van der Waals surface area contributed by atoms with Gasteiger partial charge in [-0.1, -0.05) is 0 Å². The van der Waals surface area contributed by atoms with Crippen molar-refractivity contribution in [2.75, 3.05) is 0 Å². The highest BCUT2D eigenvalue weighted by Gasteiger charge is 2.09. The first kappa shape index (κ1) is 9.92. The average Bonchev–Trinajstić information content (AvgIpc) is 2.71. The minimum Gasteiger partial charge on any atom is -0.478 e. The minimum absolute atomic E-state index is 0.237. The van der Waals surface area contributed by atoms with Crippen LogP contribution in [0.25, 0.3) is 5.69 Å². The van der Waals surface area contributed by atoms with Crippen LogP contribution in [0.1, 0.15) is 10.4 Å². The molecule has 2 aromatic rings. The van der Waals surface area contributed by atoms with Crippen LogP contribution in [0, 0.1) is 0 Å². The maximum Gasteiger partial charge on any atom is 0.336 e. The smallest absolute Gasteiger partial charge is 0.336 e. The second kappa shape index (κ2) is 3.86. The number of hydrogen-bond donors (Lipinski definition) is 1. The number of carbonyl (C=O) groups is 1. The Morgan fingerprint density at radius 2 is 2.27 bits per heavy atom. The number of carboxylic acids is 1. The minimum atomic E-state index is -0.955. The Bertz CT molecular complexity index is 494. The molecule has 1 N–H and O–H groups in total. The average molecular weight is 267 g/mol. The van der Waals surface area contributed by atoms with Crippen molar-refractivity contribution in [3.8, 4) is 5.69 Å². The molecule has 0 bridgehead atoms. The van der Waals surface area contributed by atoms with Gasteiger partial charge in [0.25, 0.3) is 0 Å². The van der Waals surface area contributed by atoms with Crippen molar-refractivity contribution in [1.82, 2.24) is 9.55 Å². The Morgan fingerprint density at radius 3 is 2.87 bits per heavy atom. The number of aromatic carboxylic acids is 1. The van der Waals surface area contributed by atoms with E-state index in [2.05, 4.69) is 20.9 Å². The molecule has 5 heteroatoms. The summed E-state index contributed by atoms with van der Waals surface area (Å²) in [5.41, 5.74) is 1.01. The summed E-state index contributed by atoms with van der Waals surface area (Å²) in [4.78, 5) is 14.8. The molecule has 2 rings (SSSR count). The van der Waals surface area contributed by atoms with E-state index in [4.69, 9.17) is 5.11 Å². The lowest BCUT2D eigenvalue weighted by atomic mass is 10.2. The number of rotatable bonds is 2. The van der Waals surface area contributed by atoms with Crippen molar-refractivity contribution in [3.05, 3.63) is 47.0 Å². The van der Waals surface area contributed by atoms with Gasteiger partial charge in [-0.3, -0.25) is 0 Å². The zero-order valence-corrected chi connectivity index (χ0v) is 9.18. The number of halogens is 1. The molecule has 1 aromatic carbocycles. The lowest BCUT2D eigenvalue weighted by Gasteiger charge is -2.04. The fourth-order valence-electron chi connectivity index (χ4n) is 1.25. The van der Waals surface area contributed by atoms with Gasteiger partial charge >= 0.3 is 5.97 Å². The number of imidazole rings is 1. The van der Waals surface area contributed by atoms with Gasteiger partial charge in [0.15, 0.2) is 0 Å². The van der Waals surface area contributed by atoms with Gasteiger partial charge in [-0.15, -0.1) is 0 Å². The molecule has 1 heterocycles. The fraction of sp³-hybridized carbons (Fsp3) is 0. The second-order valence-electron chi connectivity index (χ2n) is 2.94. The summed E-state index contributed by atoms with van der Waals surface area (Å²) in [6.45, 7) is 0. The van der Waals surface area contributed by atoms with Crippen molar-refractivity contribution < 1.29 is 9.90 Å². The van der Waals surface area contributed by atoms with Crippen LogP contribution >= 0.6 is 15.9 Å². The van der Waals surface area contributed by atoms with Gasteiger partial charge in [0.2, 0.25) is 0 Å². The Labute approximate surface area is 94.3 Å². The molecule has 0 amide bonds. The molecule has 15 heavy (non-hydrogen) atoms. The Hall–Kier alpha value is -1.62. The molecule has 0 aliphatic heterocycles. The lowest BCUT2D eigenvalue weighted by molar-refractivity contribution is 0.0696. The van der Waals surface area contributed by atoms with Gasteiger partial charge in [-0.05, 0) is 34.1 Å². The second-order valence-corrected chi connectivity index (χ2v) is 3.79. The maximum absolute atomic E-state index is 10.9. The molecule has 0 spiro atoms.